The van der Waals surface area contributed by atoms with E-state index in [1.54, 1.807) is 6.08 Å². The summed E-state index contributed by atoms with van der Waals surface area (Å²) in [5.74, 6) is 0.204. The number of hydrogen-bond donors (Lipinski definition) is 0. The summed E-state index contributed by atoms with van der Waals surface area (Å²) < 4.78 is 10.9. The average molecular weight is 182 g/mol. The van der Waals surface area contributed by atoms with Crippen molar-refractivity contribution in [3.63, 3.8) is 0 Å². The Morgan fingerprint density at radius 3 is 2.69 bits per heavy atom. The van der Waals surface area contributed by atoms with E-state index in [4.69, 9.17) is 9.47 Å². The van der Waals surface area contributed by atoms with Gasteiger partial charge in [0.1, 0.15) is 0 Å². The Balaban J connectivity index is 2.11. The number of carbonyl (C=O) groups excluding carboxylic acids is 1. The van der Waals surface area contributed by atoms with Crippen molar-refractivity contribution in [1.82, 2.24) is 0 Å². The van der Waals surface area contributed by atoms with Gasteiger partial charge >= 0.3 is 0 Å². The Labute approximate surface area is 77.7 Å². The van der Waals surface area contributed by atoms with Gasteiger partial charge in [0.05, 0.1) is 13.2 Å². The van der Waals surface area contributed by atoms with E-state index >= 15 is 0 Å². The Morgan fingerprint density at radius 2 is 2.15 bits per heavy atom. The first-order chi connectivity index (χ1) is 6.21. The molecule has 0 aromatic rings. The van der Waals surface area contributed by atoms with E-state index in [2.05, 4.69) is 6.92 Å². The van der Waals surface area contributed by atoms with E-state index in [1.807, 2.05) is 6.08 Å². The quantitative estimate of drug-likeness (QED) is 0.613. The topological polar surface area (TPSA) is 35.5 Å². The fraction of sp³-hybridized carbons (Fsp3) is 0.700. The van der Waals surface area contributed by atoms with Crippen LogP contribution in [0.15, 0.2) is 12.2 Å². The maximum absolute atomic E-state index is 11.0. The predicted octanol–water partition coefficient (Wildman–Crippen LogP) is 1.28. The van der Waals surface area contributed by atoms with E-state index in [0.29, 0.717) is 19.6 Å². The van der Waals surface area contributed by atoms with Gasteiger partial charge in [-0.25, -0.2) is 0 Å². The lowest BCUT2D eigenvalue weighted by atomic mass is 9.80. The number of allylic oxidation sites excluding steroid dienone is 1. The van der Waals surface area contributed by atoms with Crippen LogP contribution in [0.2, 0.25) is 0 Å². The summed E-state index contributed by atoms with van der Waals surface area (Å²) in [6.45, 7) is 3.41. The highest BCUT2D eigenvalue weighted by molar-refractivity contribution is 5.90. The molecule has 0 aromatic carbocycles. The number of ether oxygens (including phenoxy) is 2. The molecule has 13 heavy (non-hydrogen) atoms. The highest BCUT2D eigenvalue weighted by Crippen LogP contribution is 2.36. The largest absolute Gasteiger partial charge is 0.349 e. The van der Waals surface area contributed by atoms with Crippen LogP contribution in [-0.2, 0) is 14.3 Å². The molecular formula is C10H14O3. The van der Waals surface area contributed by atoms with Crippen LogP contribution in [0, 0.1) is 5.41 Å². The summed E-state index contributed by atoms with van der Waals surface area (Å²) in [5, 5.41) is 0. The summed E-state index contributed by atoms with van der Waals surface area (Å²) in [4.78, 5) is 11.0. The molecule has 0 bridgehead atoms. The third-order valence-corrected chi connectivity index (χ3v) is 2.72. The first kappa shape index (κ1) is 8.91. The van der Waals surface area contributed by atoms with E-state index in [9.17, 15) is 4.79 Å². The van der Waals surface area contributed by atoms with Crippen molar-refractivity contribution in [3.8, 4) is 0 Å². The van der Waals surface area contributed by atoms with Gasteiger partial charge in [0.2, 0.25) is 0 Å². The fourth-order valence-electron chi connectivity index (χ4n) is 1.78. The van der Waals surface area contributed by atoms with Crippen molar-refractivity contribution in [2.24, 2.45) is 5.41 Å². The van der Waals surface area contributed by atoms with E-state index in [1.165, 1.54) is 0 Å². The molecule has 3 nitrogen and oxygen atoms in total. The monoisotopic (exact) mass is 182 g/mol. The summed E-state index contributed by atoms with van der Waals surface area (Å²) in [6.07, 6.45) is 4.85. The first-order valence-electron chi connectivity index (χ1n) is 4.66. The highest BCUT2D eigenvalue weighted by Gasteiger charge is 2.38. The van der Waals surface area contributed by atoms with Gasteiger partial charge in [0, 0.05) is 11.8 Å². The van der Waals surface area contributed by atoms with Crippen molar-refractivity contribution in [2.75, 3.05) is 13.2 Å². The number of carbonyl (C=O) groups is 1. The second-order valence-corrected chi connectivity index (χ2v) is 3.88. The van der Waals surface area contributed by atoms with Crippen molar-refractivity contribution in [2.45, 2.75) is 26.1 Å². The number of rotatable bonds is 1. The van der Waals surface area contributed by atoms with Crippen LogP contribution >= 0.6 is 0 Å². The smallest absolute Gasteiger partial charge is 0.166 e. The minimum atomic E-state index is -0.156. The molecule has 3 heteroatoms. The Kier molecular flexibility index (Phi) is 2.22. The van der Waals surface area contributed by atoms with Crippen LogP contribution < -0.4 is 0 Å². The molecule has 1 aliphatic heterocycles. The molecule has 2 rings (SSSR count). The van der Waals surface area contributed by atoms with Crippen molar-refractivity contribution in [3.05, 3.63) is 12.2 Å². The molecule has 1 unspecified atom stereocenters. The molecule has 1 heterocycles. The van der Waals surface area contributed by atoms with Gasteiger partial charge < -0.3 is 9.47 Å². The van der Waals surface area contributed by atoms with Gasteiger partial charge in [-0.1, -0.05) is 13.0 Å². The van der Waals surface area contributed by atoms with Gasteiger partial charge in [0.25, 0.3) is 0 Å². The second kappa shape index (κ2) is 3.24. The standard InChI is InChI=1S/C10H14O3/c1-10(9-12-6-7-13-9)4-2-8(11)3-5-10/h2,4,9H,3,5-7H2,1H3. The third kappa shape index (κ3) is 1.67. The predicted molar refractivity (Wildman–Crippen MR) is 47.2 cm³/mol. The molecule has 72 valence electrons. The van der Waals surface area contributed by atoms with E-state index in [0.717, 1.165) is 6.42 Å². The lowest BCUT2D eigenvalue weighted by Crippen LogP contribution is -2.34. The van der Waals surface area contributed by atoms with Crippen LogP contribution in [0.25, 0.3) is 0 Å². The molecule has 1 saturated heterocycles. The second-order valence-electron chi connectivity index (χ2n) is 3.88. The minimum Gasteiger partial charge on any atom is -0.349 e. The maximum atomic E-state index is 11.0. The molecule has 0 spiro atoms. The molecule has 1 aliphatic carbocycles. The summed E-state index contributed by atoms with van der Waals surface area (Å²) in [5.41, 5.74) is -0.107. The molecule has 1 fully saturated rings. The first-order valence-corrected chi connectivity index (χ1v) is 4.66. The van der Waals surface area contributed by atoms with Gasteiger partial charge in [-0.3, -0.25) is 4.79 Å². The highest BCUT2D eigenvalue weighted by atomic mass is 16.7. The summed E-state index contributed by atoms with van der Waals surface area (Å²) >= 11 is 0. The summed E-state index contributed by atoms with van der Waals surface area (Å²) in [6, 6.07) is 0. The van der Waals surface area contributed by atoms with Gasteiger partial charge in [-0.05, 0) is 12.5 Å². The maximum Gasteiger partial charge on any atom is 0.166 e. The fourth-order valence-corrected chi connectivity index (χ4v) is 1.78. The molecule has 0 N–H and O–H groups in total. The SMILES string of the molecule is CC1(C2OCCO2)C=CC(=O)CC1. The molecule has 0 radical (unpaired) electrons. The minimum absolute atomic E-state index is 0.107. The van der Waals surface area contributed by atoms with Crippen molar-refractivity contribution in [1.29, 1.82) is 0 Å². The van der Waals surface area contributed by atoms with Crippen LogP contribution in [0.4, 0.5) is 0 Å². The zero-order valence-corrected chi connectivity index (χ0v) is 7.79. The average Bonchev–Trinajstić information content (AvgIpc) is 2.63. The lowest BCUT2D eigenvalue weighted by molar-refractivity contribution is -0.124. The molecule has 0 amide bonds. The van der Waals surface area contributed by atoms with Gasteiger partial charge in [-0.15, -0.1) is 0 Å². The molecule has 0 aromatic heterocycles. The Hall–Kier alpha value is -0.670. The van der Waals surface area contributed by atoms with Gasteiger partial charge in [0.15, 0.2) is 12.1 Å². The van der Waals surface area contributed by atoms with Crippen LogP contribution in [0.5, 0.6) is 0 Å². The molecule has 0 saturated carbocycles. The summed E-state index contributed by atoms with van der Waals surface area (Å²) in [7, 11) is 0. The third-order valence-electron chi connectivity index (χ3n) is 2.72. The van der Waals surface area contributed by atoms with Crippen LogP contribution in [0.1, 0.15) is 19.8 Å². The number of ketones is 1. The molecule has 2 aliphatic rings. The van der Waals surface area contributed by atoms with Gasteiger partial charge in [-0.2, -0.15) is 0 Å². The molecule has 1 atom stereocenters. The van der Waals surface area contributed by atoms with E-state index < -0.39 is 0 Å². The molecular weight excluding hydrogens is 168 g/mol. The normalized spacial score (nSPS) is 35.6. The zero-order valence-electron chi connectivity index (χ0n) is 7.79. The van der Waals surface area contributed by atoms with Crippen molar-refractivity contribution >= 4 is 5.78 Å². The zero-order chi connectivity index (χ0) is 9.31. The number of hydrogen-bond acceptors (Lipinski definition) is 3. The van der Waals surface area contributed by atoms with Crippen molar-refractivity contribution < 1.29 is 14.3 Å². The Bertz CT molecular complexity index is 241. The van der Waals surface area contributed by atoms with Crippen LogP contribution in [0.3, 0.4) is 0 Å². The van der Waals surface area contributed by atoms with E-state index in [-0.39, 0.29) is 17.5 Å². The lowest BCUT2D eigenvalue weighted by Gasteiger charge is -2.32. The Morgan fingerprint density at radius 1 is 1.46 bits per heavy atom. The van der Waals surface area contributed by atoms with Crippen LogP contribution in [-0.4, -0.2) is 25.3 Å².